The first kappa shape index (κ1) is 16.4. The van der Waals surface area contributed by atoms with Gasteiger partial charge < -0.3 is 10.1 Å². The minimum Gasteiger partial charge on any atom is -0.492 e. The molecule has 1 amide bonds. The highest BCUT2D eigenvalue weighted by Gasteiger charge is 2.21. The Bertz CT molecular complexity index is 414. The molecule has 1 aromatic carbocycles. The van der Waals surface area contributed by atoms with Crippen LogP contribution in [-0.2, 0) is 4.79 Å². The molecule has 4 nitrogen and oxygen atoms in total. The van der Waals surface area contributed by atoms with Crippen molar-refractivity contribution < 1.29 is 9.53 Å². The molecule has 1 fully saturated rings. The van der Waals surface area contributed by atoms with Crippen molar-refractivity contribution in [1.29, 1.82) is 0 Å². The van der Waals surface area contributed by atoms with E-state index in [-0.39, 0.29) is 24.4 Å². The third-order valence-electron chi connectivity index (χ3n) is 2.50. The second-order valence-corrected chi connectivity index (χ2v) is 5.34. The van der Waals surface area contributed by atoms with E-state index in [0.717, 1.165) is 11.6 Å². The normalized spacial score (nSPS) is 17.6. The minimum absolute atomic E-state index is 0. The van der Waals surface area contributed by atoms with Crippen molar-refractivity contribution in [3.63, 3.8) is 0 Å². The van der Waals surface area contributed by atoms with E-state index in [2.05, 4.69) is 10.6 Å². The zero-order chi connectivity index (χ0) is 12.8. The van der Waals surface area contributed by atoms with E-state index in [1.54, 1.807) is 23.9 Å². The summed E-state index contributed by atoms with van der Waals surface area (Å²) in [7, 11) is 0. The van der Waals surface area contributed by atoms with Gasteiger partial charge in [0.1, 0.15) is 12.4 Å². The van der Waals surface area contributed by atoms with Crippen LogP contribution in [0.3, 0.4) is 0 Å². The Morgan fingerprint density at radius 1 is 1.58 bits per heavy atom. The third-order valence-corrected chi connectivity index (χ3v) is 3.67. The number of thioether (sulfide) groups is 1. The smallest absolute Gasteiger partial charge is 0.238 e. The quantitative estimate of drug-likeness (QED) is 0.813. The Morgan fingerprint density at radius 3 is 3.11 bits per heavy atom. The van der Waals surface area contributed by atoms with Crippen LogP contribution >= 0.6 is 35.8 Å². The molecule has 0 radical (unpaired) electrons. The van der Waals surface area contributed by atoms with Crippen molar-refractivity contribution in [1.82, 2.24) is 10.6 Å². The molecule has 0 bridgehead atoms. The first-order valence-electron chi connectivity index (χ1n) is 5.73. The summed E-state index contributed by atoms with van der Waals surface area (Å²) in [5.41, 5.74) is 0. The second-order valence-electron chi connectivity index (χ2n) is 3.87. The van der Waals surface area contributed by atoms with Gasteiger partial charge in [-0.1, -0.05) is 17.7 Å². The summed E-state index contributed by atoms with van der Waals surface area (Å²) in [6, 6.07) is 7.14. The van der Waals surface area contributed by atoms with Gasteiger partial charge >= 0.3 is 0 Å². The largest absolute Gasteiger partial charge is 0.492 e. The number of halogens is 2. The number of carbonyl (C=O) groups excluding carboxylic acids is 1. The maximum atomic E-state index is 11.6. The molecule has 0 aromatic heterocycles. The van der Waals surface area contributed by atoms with Gasteiger partial charge in [-0.3, -0.25) is 10.1 Å². The number of rotatable bonds is 5. The fraction of sp³-hybridized carbons (Fsp3) is 0.417. The molecular weight excluding hydrogens is 307 g/mol. The molecule has 1 aliphatic heterocycles. The Labute approximate surface area is 128 Å². The van der Waals surface area contributed by atoms with Crippen molar-refractivity contribution in [2.45, 2.75) is 6.04 Å². The molecule has 19 heavy (non-hydrogen) atoms. The highest BCUT2D eigenvalue weighted by molar-refractivity contribution is 7.99. The topological polar surface area (TPSA) is 50.4 Å². The van der Waals surface area contributed by atoms with Crippen LogP contribution in [0.25, 0.3) is 0 Å². The van der Waals surface area contributed by atoms with Crippen molar-refractivity contribution in [2.24, 2.45) is 0 Å². The lowest BCUT2D eigenvalue weighted by molar-refractivity contribution is -0.122. The van der Waals surface area contributed by atoms with Gasteiger partial charge in [0.05, 0.1) is 12.6 Å². The van der Waals surface area contributed by atoms with E-state index in [1.165, 1.54) is 0 Å². The maximum absolute atomic E-state index is 11.6. The average molecular weight is 323 g/mol. The monoisotopic (exact) mass is 322 g/mol. The van der Waals surface area contributed by atoms with Crippen molar-refractivity contribution in [2.75, 3.05) is 24.8 Å². The van der Waals surface area contributed by atoms with Gasteiger partial charge in [-0.2, -0.15) is 0 Å². The van der Waals surface area contributed by atoms with E-state index in [4.69, 9.17) is 16.3 Å². The Kier molecular flexibility index (Phi) is 7.38. The third kappa shape index (κ3) is 5.48. The molecule has 1 aliphatic rings. The molecule has 1 unspecified atom stereocenters. The fourth-order valence-corrected chi connectivity index (χ4v) is 2.71. The van der Waals surface area contributed by atoms with E-state index in [1.807, 2.05) is 12.1 Å². The lowest BCUT2D eigenvalue weighted by Gasteiger charge is -2.11. The number of ether oxygens (including phenoxy) is 1. The van der Waals surface area contributed by atoms with E-state index >= 15 is 0 Å². The Hall–Kier alpha value is -0.620. The van der Waals surface area contributed by atoms with Crippen LogP contribution in [0.4, 0.5) is 0 Å². The van der Waals surface area contributed by atoms with E-state index < -0.39 is 0 Å². The molecule has 1 saturated heterocycles. The lowest BCUT2D eigenvalue weighted by Crippen LogP contribution is -2.43. The molecule has 0 saturated carbocycles. The Morgan fingerprint density at radius 2 is 2.42 bits per heavy atom. The van der Waals surface area contributed by atoms with Gasteiger partial charge in [-0.15, -0.1) is 24.2 Å². The summed E-state index contributed by atoms with van der Waals surface area (Å²) >= 11 is 7.56. The molecule has 2 rings (SSSR count). The molecule has 1 aromatic rings. The molecule has 1 atom stereocenters. The average Bonchev–Trinajstić information content (AvgIpc) is 2.88. The van der Waals surface area contributed by atoms with Crippen molar-refractivity contribution >= 4 is 41.7 Å². The van der Waals surface area contributed by atoms with Gasteiger partial charge in [0.15, 0.2) is 0 Å². The van der Waals surface area contributed by atoms with Gasteiger partial charge in [0.25, 0.3) is 0 Å². The van der Waals surface area contributed by atoms with Crippen LogP contribution in [0, 0.1) is 0 Å². The van der Waals surface area contributed by atoms with Crippen LogP contribution in [0.1, 0.15) is 0 Å². The first-order chi connectivity index (χ1) is 8.75. The van der Waals surface area contributed by atoms with E-state index in [0.29, 0.717) is 23.9 Å². The summed E-state index contributed by atoms with van der Waals surface area (Å²) < 4.78 is 5.48. The van der Waals surface area contributed by atoms with Crippen LogP contribution in [0.5, 0.6) is 5.75 Å². The van der Waals surface area contributed by atoms with E-state index in [9.17, 15) is 4.79 Å². The number of nitrogens with one attached hydrogen (secondary N) is 2. The summed E-state index contributed by atoms with van der Waals surface area (Å²) in [6.07, 6.45) is 0. The highest BCUT2D eigenvalue weighted by Crippen LogP contribution is 2.16. The summed E-state index contributed by atoms with van der Waals surface area (Å²) in [4.78, 5) is 11.6. The molecule has 106 valence electrons. The second kappa shape index (κ2) is 8.53. The summed E-state index contributed by atoms with van der Waals surface area (Å²) in [5, 5.41) is 6.59. The fourth-order valence-electron chi connectivity index (χ4n) is 1.59. The molecule has 0 spiro atoms. The van der Waals surface area contributed by atoms with Crippen molar-refractivity contribution in [3.8, 4) is 5.75 Å². The van der Waals surface area contributed by atoms with Gasteiger partial charge in [0, 0.05) is 16.7 Å². The predicted molar refractivity (Wildman–Crippen MR) is 81.5 cm³/mol. The number of benzene rings is 1. The molecule has 7 heteroatoms. The zero-order valence-corrected chi connectivity index (χ0v) is 12.6. The minimum atomic E-state index is -0.0684. The SMILES string of the molecule is Cl.O=C(NCCOc1cccc(Cl)c1)C1CSCN1. The lowest BCUT2D eigenvalue weighted by atomic mass is 10.3. The summed E-state index contributed by atoms with van der Waals surface area (Å²) in [5.74, 6) is 2.43. The summed E-state index contributed by atoms with van der Waals surface area (Å²) in [6.45, 7) is 0.931. The zero-order valence-electron chi connectivity index (χ0n) is 10.2. The Balaban J connectivity index is 0.00000180. The van der Waals surface area contributed by atoms with Gasteiger partial charge in [0.2, 0.25) is 5.91 Å². The van der Waals surface area contributed by atoms with Crippen LogP contribution < -0.4 is 15.4 Å². The van der Waals surface area contributed by atoms with Crippen LogP contribution in [-0.4, -0.2) is 36.7 Å². The molecular formula is C12H16Cl2N2O2S. The van der Waals surface area contributed by atoms with Gasteiger partial charge in [-0.25, -0.2) is 0 Å². The number of hydrogen-bond donors (Lipinski definition) is 2. The number of carbonyl (C=O) groups is 1. The number of amides is 1. The maximum Gasteiger partial charge on any atom is 0.238 e. The molecule has 0 aliphatic carbocycles. The predicted octanol–water partition coefficient (Wildman–Crippen LogP) is 1.92. The molecule has 1 heterocycles. The van der Waals surface area contributed by atoms with Crippen LogP contribution in [0.15, 0.2) is 24.3 Å². The molecule has 2 N–H and O–H groups in total. The number of hydrogen-bond acceptors (Lipinski definition) is 4. The van der Waals surface area contributed by atoms with Crippen molar-refractivity contribution in [3.05, 3.63) is 29.3 Å². The first-order valence-corrected chi connectivity index (χ1v) is 7.26. The van der Waals surface area contributed by atoms with Gasteiger partial charge in [-0.05, 0) is 18.2 Å². The van der Waals surface area contributed by atoms with Crippen LogP contribution in [0.2, 0.25) is 5.02 Å². The highest BCUT2D eigenvalue weighted by atomic mass is 35.5. The standard InChI is InChI=1S/C12H15ClN2O2S.ClH/c13-9-2-1-3-10(6-9)17-5-4-14-12(16)11-7-18-8-15-11;/h1-3,6,11,15H,4-5,7-8H2,(H,14,16);1H.